The van der Waals surface area contributed by atoms with Gasteiger partial charge in [0.05, 0.1) is 17.1 Å². The topological polar surface area (TPSA) is 88.9 Å². The van der Waals surface area contributed by atoms with Crippen LogP contribution >= 0.6 is 11.3 Å². The average molecular weight is 446 g/mol. The van der Waals surface area contributed by atoms with Gasteiger partial charge in [-0.3, -0.25) is 4.79 Å². The zero-order valence-corrected chi connectivity index (χ0v) is 18.4. The van der Waals surface area contributed by atoms with E-state index in [4.69, 9.17) is 0 Å². The summed E-state index contributed by atoms with van der Waals surface area (Å²) in [5, 5.41) is 11.0. The number of hydrogen-bond acceptors (Lipinski definition) is 5. The maximum absolute atomic E-state index is 12.3. The van der Waals surface area contributed by atoms with Crippen LogP contribution in [-0.4, -0.2) is 27.3 Å². The summed E-state index contributed by atoms with van der Waals surface area (Å²) >= 11 is 1.54. The lowest BCUT2D eigenvalue weighted by Crippen LogP contribution is -2.38. The highest BCUT2D eigenvalue weighted by atomic mass is 32.1. The van der Waals surface area contributed by atoms with E-state index in [1.165, 1.54) is 10.7 Å². The summed E-state index contributed by atoms with van der Waals surface area (Å²) in [4.78, 5) is 29.9. The number of carbonyl (C=O) groups excluding carboxylic acids is 1. The molecule has 0 aliphatic heterocycles. The molecule has 4 rings (SSSR count). The van der Waals surface area contributed by atoms with Crippen molar-refractivity contribution in [3.05, 3.63) is 94.4 Å². The molecule has 0 radical (unpaired) electrons. The number of rotatable bonds is 7. The van der Waals surface area contributed by atoms with Gasteiger partial charge < -0.3 is 10.6 Å². The van der Waals surface area contributed by atoms with Crippen LogP contribution in [0.3, 0.4) is 0 Å². The van der Waals surface area contributed by atoms with Gasteiger partial charge in [-0.25, -0.2) is 14.5 Å². The normalized spacial score (nSPS) is 10.7. The SMILES string of the molecule is Cc1nc(-c2ccccc2)sc1-c1ccc(=O)n(CCNC(=O)NCc2ccccc2)n1. The van der Waals surface area contributed by atoms with Gasteiger partial charge in [-0.2, -0.15) is 5.10 Å². The van der Waals surface area contributed by atoms with Crippen molar-refractivity contribution in [3.8, 4) is 21.1 Å². The first kappa shape index (κ1) is 21.5. The van der Waals surface area contributed by atoms with Gasteiger partial charge in [0.1, 0.15) is 10.7 Å². The van der Waals surface area contributed by atoms with Crippen molar-refractivity contribution >= 4 is 17.4 Å². The molecule has 2 heterocycles. The van der Waals surface area contributed by atoms with E-state index in [1.807, 2.05) is 67.6 Å². The van der Waals surface area contributed by atoms with Gasteiger partial charge in [-0.05, 0) is 18.6 Å². The first-order valence-electron chi connectivity index (χ1n) is 10.3. The van der Waals surface area contributed by atoms with Gasteiger partial charge in [0.25, 0.3) is 5.56 Å². The summed E-state index contributed by atoms with van der Waals surface area (Å²) in [5.41, 5.74) is 3.40. The molecular formula is C24H23N5O2S. The standard InChI is InChI=1S/C24H23N5O2S/c1-17-22(32-23(27-17)19-10-6-3-7-11-19)20-12-13-21(30)29(28-20)15-14-25-24(31)26-16-18-8-4-2-5-9-18/h2-13H,14-16H2,1H3,(H2,25,26,31). The van der Waals surface area contributed by atoms with Gasteiger partial charge in [0.15, 0.2) is 0 Å². The highest BCUT2D eigenvalue weighted by molar-refractivity contribution is 7.18. The minimum absolute atomic E-state index is 0.217. The van der Waals surface area contributed by atoms with Crippen LogP contribution in [0.2, 0.25) is 0 Å². The van der Waals surface area contributed by atoms with Crippen LogP contribution in [0.15, 0.2) is 77.6 Å². The fraction of sp³-hybridized carbons (Fsp3) is 0.167. The number of amides is 2. The summed E-state index contributed by atoms with van der Waals surface area (Å²) in [6, 6.07) is 22.6. The van der Waals surface area contributed by atoms with E-state index in [-0.39, 0.29) is 24.7 Å². The van der Waals surface area contributed by atoms with Crippen LogP contribution in [-0.2, 0) is 13.1 Å². The van der Waals surface area contributed by atoms with Crippen LogP contribution in [0, 0.1) is 6.92 Å². The van der Waals surface area contributed by atoms with Crippen LogP contribution in [0.5, 0.6) is 0 Å². The zero-order chi connectivity index (χ0) is 22.3. The lowest BCUT2D eigenvalue weighted by atomic mass is 10.2. The Morgan fingerprint density at radius 3 is 2.44 bits per heavy atom. The molecule has 2 aromatic heterocycles. The van der Waals surface area contributed by atoms with Crippen LogP contribution in [0.4, 0.5) is 4.79 Å². The maximum Gasteiger partial charge on any atom is 0.315 e. The quantitative estimate of drug-likeness (QED) is 0.452. The second-order valence-electron chi connectivity index (χ2n) is 7.17. The predicted molar refractivity (Wildman–Crippen MR) is 126 cm³/mol. The van der Waals surface area contributed by atoms with Gasteiger partial charge in [0.2, 0.25) is 0 Å². The number of benzene rings is 2. The third-order valence-corrected chi connectivity index (χ3v) is 6.05. The van der Waals surface area contributed by atoms with Gasteiger partial charge >= 0.3 is 6.03 Å². The zero-order valence-electron chi connectivity index (χ0n) is 17.6. The monoisotopic (exact) mass is 445 g/mol. The summed E-state index contributed by atoms with van der Waals surface area (Å²) in [6.45, 7) is 2.94. The fourth-order valence-electron chi connectivity index (χ4n) is 3.18. The lowest BCUT2D eigenvalue weighted by molar-refractivity contribution is 0.240. The van der Waals surface area contributed by atoms with Crippen molar-refractivity contribution in [2.24, 2.45) is 0 Å². The fourth-order valence-corrected chi connectivity index (χ4v) is 4.22. The number of carbonyl (C=O) groups is 1. The number of aryl methyl sites for hydroxylation is 1. The minimum Gasteiger partial charge on any atom is -0.336 e. The van der Waals surface area contributed by atoms with Crippen LogP contribution in [0.25, 0.3) is 21.1 Å². The second kappa shape index (κ2) is 10.0. The van der Waals surface area contributed by atoms with Crippen LogP contribution in [0.1, 0.15) is 11.3 Å². The van der Waals surface area contributed by atoms with E-state index >= 15 is 0 Å². The molecule has 0 saturated heterocycles. The van der Waals surface area contributed by atoms with E-state index in [2.05, 4.69) is 20.7 Å². The molecule has 0 aliphatic carbocycles. The second-order valence-corrected chi connectivity index (χ2v) is 8.17. The van der Waals surface area contributed by atoms with E-state index in [0.29, 0.717) is 12.2 Å². The Labute approximate surface area is 189 Å². The molecule has 0 unspecified atom stereocenters. The lowest BCUT2D eigenvalue weighted by Gasteiger charge is -2.09. The van der Waals surface area contributed by atoms with E-state index < -0.39 is 0 Å². The Morgan fingerprint density at radius 2 is 1.69 bits per heavy atom. The van der Waals surface area contributed by atoms with Crippen molar-refractivity contribution < 1.29 is 4.79 Å². The molecule has 32 heavy (non-hydrogen) atoms. The van der Waals surface area contributed by atoms with Crippen molar-refractivity contribution in [2.45, 2.75) is 20.0 Å². The molecule has 162 valence electrons. The molecule has 2 N–H and O–H groups in total. The number of nitrogens with zero attached hydrogens (tertiary/aromatic N) is 3. The number of urea groups is 1. The summed E-state index contributed by atoms with van der Waals surface area (Å²) in [5.74, 6) is 0. The van der Waals surface area contributed by atoms with Crippen molar-refractivity contribution in [2.75, 3.05) is 6.54 Å². The van der Waals surface area contributed by atoms with Crippen molar-refractivity contribution in [1.29, 1.82) is 0 Å². The van der Waals surface area contributed by atoms with Gasteiger partial charge in [-0.1, -0.05) is 60.7 Å². The van der Waals surface area contributed by atoms with E-state index in [1.54, 1.807) is 17.4 Å². The number of aromatic nitrogens is 3. The number of thiazole rings is 1. The highest BCUT2D eigenvalue weighted by Crippen LogP contribution is 2.33. The largest absolute Gasteiger partial charge is 0.336 e. The number of hydrogen-bond donors (Lipinski definition) is 2. The summed E-state index contributed by atoms with van der Waals surface area (Å²) < 4.78 is 1.37. The van der Waals surface area contributed by atoms with Crippen molar-refractivity contribution in [1.82, 2.24) is 25.4 Å². The molecule has 2 aromatic carbocycles. The predicted octanol–water partition coefficient (Wildman–Crippen LogP) is 3.84. The van der Waals surface area contributed by atoms with Crippen molar-refractivity contribution in [3.63, 3.8) is 0 Å². The molecule has 2 amide bonds. The Balaban J connectivity index is 1.39. The Hall–Kier alpha value is -3.78. The molecular weight excluding hydrogens is 422 g/mol. The van der Waals surface area contributed by atoms with Gasteiger partial charge in [0, 0.05) is 24.7 Å². The molecule has 4 aromatic rings. The molecule has 0 bridgehead atoms. The Kier molecular flexibility index (Phi) is 6.72. The first-order valence-corrected chi connectivity index (χ1v) is 11.1. The average Bonchev–Trinajstić information content (AvgIpc) is 3.22. The molecule has 0 fully saturated rings. The third kappa shape index (κ3) is 5.28. The first-order chi connectivity index (χ1) is 15.6. The Bertz CT molecular complexity index is 1250. The third-order valence-electron chi connectivity index (χ3n) is 4.82. The van der Waals surface area contributed by atoms with E-state index in [0.717, 1.165) is 26.7 Å². The summed E-state index contributed by atoms with van der Waals surface area (Å²) in [7, 11) is 0. The molecule has 7 nitrogen and oxygen atoms in total. The molecule has 0 spiro atoms. The molecule has 0 atom stereocenters. The molecule has 0 aliphatic rings. The van der Waals surface area contributed by atoms with E-state index in [9.17, 15) is 9.59 Å². The Morgan fingerprint density at radius 1 is 0.969 bits per heavy atom. The minimum atomic E-state index is -0.288. The maximum atomic E-state index is 12.3. The summed E-state index contributed by atoms with van der Waals surface area (Å²) in [6.07, 6.45) is 0. The smallest absolute Gasteiger partial charge is 0.315 e. The number of nitrogens with one attached hydrogen (secondary N) is 2. The van der Waals surface area contributed by atoms with Crippen LogP contribution < -0.4 is 16.2 Å². The highest BCUT2D eigenvalue weighted by Gasteiger charge is 2.13. The van der Waals surface area contributed by atoms with Gasteiger partial charge in [-0.15, -0.1) is 11.3 Å². The molecule has 8 heteroatoms. The molecule has 0 saturated carbocycles.